The summed E-state index contributed by atoms with van der Waals surface area (Å²) >= 11 is 1.84. The first-order valence-corrected chi connectivity index (χ1v) is 8.77. The van der Waals surface area contributed by atoms with Crippen LogP contribution in [0.2, 0.25) is 0 Å². The van der Waals surface area contributed by atoms with Crippen molar-refractivity contribution in [3.05, 3.63) is 54.1 Å². The number of amides is 1. The first kappa shape index (κ1) is 15.9. The molecule has 3 rings (SSSR count). The van der Waals surface area contributed by atoms with E-state index in [0.717, 1.165) is 30.0 Å². The summed E-state index contributed by atoms with van der Waals surface area (Å²) in [6, 6.07) is 15.9. The molecule has 2 aromatic rings. The molecule has 1 aliphatic rings. The average Bonchev–Trinajstić information content (AvgIpc) is 2.72. The number of rotatable bonds is 3. The molecule has 0 N–H and O–H groups in total. The van der Waals surface area contributed by atoms with Crippen LogP contribution in [0.25, 0.3) is 0 Å². The second-order valence-electron chi connectivity index (χ2n) is 5.78. The van der Waals surface area contributed by atoms with Gasteiger partial charge in [-0.1, -0.05) is 37.3 Å². The number of nitrogens with zero attached hydrogens (tertiary/aromatic N) is 1. The zero-order chi connectivity index (χ0) is 16.2. The summed E-state index contributed by atoms with van der Waals surface area (Å²) in [6.45, 7) is 5.00. The molecule has 1 atom stereocenters. The molecule has 4 heteroatoms. The van der Waals surface area contributed by atoms with Crippen molar-refractivity contribution in [3.63, 3.8) is 0 Å². The number of hydrogen-bond donors (Lipinski definition) is 0. The van der Waals surface area contributed by atoms with E-state index in [1.165, 1.54) is 4.90 Å². The largest absolute Gasteiger partial charge is 0.483 e. The number of anilines is 1. The first-order chi connectivity index (χ1) is 11.1. The van der Waals surface area contributed by atoms with Crippen molar-refractivity contribution < 1.29 is 9.53 Å². The molecule has 1 aliphatic heterocycles. The number of benzene rings is 2. The SMILES string of the molecule is Cc1ccccc1OCC(=O)N1CCC(C)Sc2ccccc21. The summed E-state index contributed by atoms with van der Waals surface area (Å²) in [5, 5.41) is 0.506. The van der Waals surface area contributed by atoms with E-state index < -0.39 is 0 Å². The van der Waals surface area contributed by atoms with Crippen LogP contribution in [0.5, 0.6) is 5.75 Å². The molecule has 2 aromatic carbocycles. The van der Waals surface area contributed by atoms with E-state index in [2.05, 4.69) is 13.0 Å². The molecule has 0 bridgehead atoms. The standard InChI is InChI=1S/C19H21NO2S/c1-14-7-3-5-9-17(14)22-13-19(21)20-12-11-15(2)23-18-10-6-4-8-16(18)20/h3-10,15H,11-13H2,1-2H3. The second-order valence-corrected chi connectivity index (χ2v) is 7.26. The van der Waals surface area contributed by atoms with Crippen molar-refractivity contribution in [2.24, 2.45) is 0 Å². The second kappa shape index (κ2) is 7.09. The average molecular weight is 327 g/mol. The summed E-state index contributed by atoms with van der Waals surface area (Å²) in [6.07, 6.45) is 0.982. The normalized spacial score (nSPS) is 17.3. The highest BCUT2D eigenvalue weighted by molar-refractivity contribution is 8.00. The van der Waals surface area contributed by atoms with Gasteiger partial charge in [-0.15, -0.1) is 11.8 Å². The topological polar surface area (TPSA) is 29.5 Å². The maximum atomic E-state index is 12.7. The molecule has 0 saturated heterocycles. The van der Waals surface area contributed by atoms with Gasteiger partial charge in [0.25, 0.3) is 5.91 Å². The van der Waals surface area contributed by atoms with Crippen LogP contribution < -0.4 is 9.64 Å². The number of hydrogen-bond acceptors (Lipinski definition) is 3. The predicted octanol–water partition coefficient (Wildman–Crippen LogP) is 4.29. The third-order valence-electron chi connectivity index (χ3n) is 3.99. The van der Waals surface area contributed by atoms with Crippen molar-refractivity contribution in [1.29, 1.82) is 0 Å². The van der Waals surface area contributed by atoms with E-state index in [9.17, 15) is 4.79 Å². The van der Waals surface area contributed by atoms with Crippen LogP contribution in [0.3, 0.4) is 0 Å². The van der Waals surface area contributed by atoms with Crippen LogP contribution in [-0.2, 0) is 4.79 Å². The van der Waals surface area contributed by atoms with Crippen LogP contribution in [0.1, 0.15) is 18.9 Å². The zero-order valence-corrected chi connectivity index (χ0v) is 14.3. The third kappa shape index (κ3) is 3.70. The molecule has 3 nitrogen and oxygen atoms in total. The number of aryl methyl sites for hydroxylation is 1. The number of thioether (sulfide) groups is 1. The number of ether oxygens (including phenoxy) is 1. The number of para-hydroxylation sites is 2. The summed E-state index contributed by atoms with van der Waals surface area (Å²) < 4.78 is 5.74. The smallest absolute Gasteiger partial charge is 0.264 e. The highest BCUT2D eigenvalue weighted by Gasteiger charge is 2.24. The predicted molar refractivity (Wildman–Crippen MR) is 95.4 cm³/mol. The van der Waals surface area contributed by atoms with Crippen LogP contribution >= 0.6 is 11.8 Å². The molecule has 1 amide bonds. The Balaban J connectivity index is 1.75. The molecule has 23 heavy (non-hydrogen) atoms. The minimum atomic E-state index is 0.00963. The quantitative estimate of drug-likeness (QED) is 0.842. The van der Waals surface area contributed by atoms with E-state index >= 15 is 0 Å². The van der Waals surface area contributed by atoms with E-state index in [1.54, 1.807) is 0 Å². The Morgan fingerprint density at radius 3 is 2.78 bits per heavy atom. The van der Waals surface area contributed by atoms with Crippen molar-refractivity contribution in [1.82, 2.24) is 0 Å². The Morgan fingerprint density at radius 2 is 1.96 bits per heavy atom. The molecule has 0 saturated carbocycles. The van der Waals surface area contributed by atoms with Gasteiger partial charge in [0.1, 0.15) is 5.75 Å². The van der Waals surface area contributed by atoms with Gasteiger partial charge < -0.3 is 9.64 Å². The molecule has 0 radical (unpaired) electrons. The summed E-state index contributed by atoms with van der Waals surface area (Å²) in [7, 11) is 0. The van der Waals surface area contributed by atoms with Gasteiger partial charge in [-0.25, -0.2) is 0 Å². The fraction of sp³-hybridized carbons (Fsp3) is 0.316. The first-order valence-electron chi connectivity index (χ1n) is 7.89. The minimum Gasteiger partial charge on any atom is -0.483 e. The van der Waals surface area contributed by atoms with Crippen LogP contribution in [0.4, 0.5) is 5.69 Å². The van der Waals surface area contributed by atoms with Crippen LogP contribution in [0, 0.1) is 6.92 Å². The Hall–Kier alpha value is -1.94. The fourth-order valence-electron chi connectivity index (χ4n) is 2.68. The van der Waals surface area contributed by atoms with E-state index in [1.807, 2.05) is 66.1 Å². The highest BCUT2D eigenvalue weighted by Crippen LogP contribution is 2.37. The molecule has 1 unspecified atom stereocenters. The Labute approximate surface area is 141 Å². The molecule has 0 spiro atoms. The van der Waals surface area contributed by atoms with Crippen molar-refractivity contribution in [3.8, 4) is 5.75 Å². The highest BCUT2D eigenvalue weighted by atomic mass is 32.2. The van der Waals surface area contributed by atoms with Gasteiger partial charge in [0.15, 0.2) is 6.61 Å². The zero-order valence-electron chi connectivity index (χ0n) is 13.5. The van der Waals surface area contributed by atoms with Crippen molar-refractivity contribution in [2.75, 3.05) is 18.1 Å². The monoisotopic (exact) mass is 327 g/mol. The van der Waals surface area contributed by atoms with Gasteiger partial charge in [0.05, 0.1) is 5.69 Å². The third-order valence-corrected chi connectivity index (χ3v) is 5.23. The number of fused-ring (bicyclic) bond motifs is 1. The van der Waals surface area contributed by atoms with Gasteiger partial charge in [-0.3, -0.25) is 4.79 Å². The molecule has 1 heterocycles. The van der Waals surface area contributed by atoms with Gasteiger partial charge in [-0.05, 0) is 37.1 Å². The number of carbonyl (C=O) groups excluding carboxylic acids is 1. The Bertz CT molecular complexity index is 701. The molecule has 0 aromatic heterocycles. The van der Waals surface area contributed by atoms with Gasteiger partial charge in [0.2, 0.25) is 0 Å². The lowest BCUT2D eigenvalue weighted by Gasteiger charge is -2.22. The van der Waals surface area contributed by atoms with Crippen molar-refractivity contribution >= 4 is 23.4 Å². The maximum absolute atomic E-state index is 12.7. The summed E-state index contributed by atoms with van der Waals surface area (Å²) in [4.78, 5) is 15.7. The maximum Gasteiger partial charge on any atom is 0.264 e. The Kier molecular flexibility index (Phi) is 4.91. The number of carbonyl (C=O) groups is 1. The van der Waals surface area contributed by atoms with Crippen LogP contribution in [-0.4, -0.2) is 24.3 Å². The molecule has 0 aliphatic carbocycles. The van der Waals surface area contributed by atoms with E-state index in [0.29, 0.717) is 5.25 Å². The fourth-order valence-corrected chi connectivity index (χ4v) is 3.79. The van der Waals surface area contributed by atoms with Gasteiger partial charge >= 0.3 is 0 Å². The summed E-state index contributed by atoms with van der Waals surface area (Å²) in [5.74, 6) is 0.780. The van der Waals surface area contributed by atoms with E-state index in [4.69, 9.17) is 4.74 Å². The van der Waals surface area contributed by atoms with Crippen molar-refractivity contribution in [2.45, 2.75) is 30.4 Å². The lowest BCUT2D eigenvalue weighted by atomic mass is 10.2. The van der Waals surface area contributed by atoms with Crippen LogP contribution in [0.15, 0.2) is 53.4 Å². The molecular formula is C19H21NO2S. The van der Waals surface area contributed by atoms with Gasteiger partial charge in [0, 0.05) is 16.7 Å². The summed E-state index contributed by atoms with van der Waals surface area (Å²) in [5.41, 5.74) is 2.04. The molecule has 0 fully saturated rings. The molecular weight excluding hydrogens is 306 g/mol. The van der Waals surface area contributed by atoms with Gasteiger partial charge in [-0.2, -0.15) is 0 Å². The minimum absolute atomic E-state index is 0.00963. The molecule has 120 valence electrons. The Morgan fingerprint density at radius 1 is 1.22 bits per heavy atom. The lowest BCUT2D eigenvalue weighted by molar-refractivity contribution is -0.120. The van der Waals surface area contributed by atoms with E-state index in [-0.39, 0.29) is 12.5 Å². The lowest BCUT2D eigenvalue weighted by Crippen LogP contribution is -2.36.